The van der Waals surface area contributed by atoms with Gasteiger partial charge in [0.05, 0.1) is 25.6 Å². The molecule has 3 fully saturated rings. The summed E-state index contributed by atoms with van der Waals surface area (Å²) in [6.07, 6.45) is -2.67. The van der Waals surface area contributed by atoms with Gasteiger partial charge in [0.2, 0.25) is 11.9 Å². The summed E-state index contributed by atoms with van der Waals surface area (Å²) in [5.41, 5.74) is 4.80. The van der Waals surface area contributed by atoms with Gasteiger partial charge in [0.1, 0.15) is 31.0 Å². The molecule has 2 saturated heterocycles. The molecule has 2 unspecified atom stereocenters. The second-order valence-corrected chi connectivity index (χ2v) is 12.8. The number of nitrogens with zero attached hydrogens (tertiary/aromatic N) is 7. The number of aliphatic hydroxyl groups excluding tert-OH is 1. The number of phosphoric ester groups is 2. The Labute approximate surface area is 236 Å². The van der Waals surface area contributed by atoms with Gasteiger partial charge in [-0.2, -0.15) is 4.98 Å². The Morgan fingerprint density at radius 1 is 1.07 bits per heavy atom. The van der Waals surface area contributed by atoms with Crippen molar-refractivity contribution in [2.24, 2.45) is 5.92 Å². The molecule has 0 amide bonds. The summed E-state index contributed by atoms with van der Waals surface area (Å²) in [5, 5.41) is 11.0. The van der Waals surface area contributed by atoms with Gasteiger partial charge in [-0.05, 0) is 12.8 Å². The van der Waals surface area contributed by atoms with Crippen molar-refractivity contribution in [2.75, 3.05) is 30.9 Å². The summed E-state index contributed by atoms with van der Waals surface area (Å²) >= 11 is 0. The van der Waals surface area contributed by atoms with E-state index in [1.165, 1.54) is 17.2 Å². The maximum Gasteiger partial charge on any atom is 0.472 e. The molecule has 22 heteroatoms. The molecule has 1 aliphatic carbocycles. The molecule has 3 aromatic rings. The third kappa shape index (κ3) is 5.70. The topological polar surface area (TPSA) is 272 Å². The number of ether oxygens (including phenoxy) is 1. The van der Waals surface area contributed by atoms with Crippen molar-refractivity contribution in [1.82, 2.24) is 34.5 Å². The maximum absolute atomic E-state index is 13.1. The monoisotopic (exact) mass is 631 g/mol. The zero-order valence-electron chi connectivity index (χ0n) is 21.8. The molecule has 6 N–H and O–H groups in total. The molecule has 228 valence electrons. The lowest BCUT2D eigenvalue weighted by molar-refractivity contribution is -0.0561. The molecule has 0 spiro atoms. The van der Waals surface area contributed by atoms with Crippen molar-refractivity contribution in [3.8, 4) is 0 Å². The Balaban J connectivity index is 1.28. The van der Waals surface area contributed by atoms with Crippen LogP contribution in [0.1, 0.15) is 19.1 Å². The van der Waals surface area contributed by atoms with E-state index in [0.29, 0.717) is 12.4 Å². The van der Waals surface area contributed by atoms with Gasteiger partial charge in [-0.15, -0.1) is 0 Å². The first-order chi connectivity index (χ1) is 19.9. The van der Waals surface area contributed by atoms with E-state index >= 15 is 0 Å². The third-order valence-corrected chi connectivity index (χ3v) is 9.36. The number of H-pyrrole nitrogens is 1. The molecule has 2 aliphatic heterocycles. The van der Waals surface area contributed by atoms with Gasteiger partial charge in [0.15, 0.2) is 17.4 Å². The molecule has 6 rings (SSSR count). The van der Waals surface area contributed by atoms with E-state index in [-0.39, 0.29) is 29.6 Å². The number of nitrogens with two attached hydrogens (primary N) is 1. The average molecular weight is 631 g/mol. The van der Waals surface area contributed by atoms with Crippen LogP contribution in [0, 0.1) is 5.92 Å². The summed E-state index contributed by atoms with van der Waals surface area (Å²) in [7, 11) is -7.92. The summed E-state index contributed by atoms with van der Waals surface area (Å²) in [6, 6.07) is -0.304. The molecule has 5 heterocycles. The van der Waals surface area contributed by atoms with Crippen LogP contribution in [0.3, 0.4) is 0 Å². The number of aromatic amines is 1. The van der Waals surface area contributed by atoms with Crippen LogP contribution in [0.25, 0.3) is 11.2 Å². The average Bonchev–Trinajstić information content (AvgIpc) is 3.62. The Bertz CT molecular complexity index is 1610. The molecule has 9 atom stereocenters. The Kier molecular flexibility index (Phi) is 7.63. The van der Waals surface area contributed by atoms with Crippen LogP contribution in [-0.4, -0.2) is 100 Å². The Morgan fingerprint density at radius 3 is 2.55 bits per heavy atom. The lowest BCUT2D eigenvalue weighted by atomic mass is 10.1. The third-order valence-electron chi connectivity index (χ3n) is 7.36. The number of hydrogen-bond donors (Lipinski definition) is 5. The van der Waals surface area contributed by atoms with Crippen molar-refractivity contribution >= 4 is 38.7 Å². The van der Waals surface area contributed by atoms with E-state index < -0.39 is 71.0 Å². The van der Waals surface area contributed by atoms with Gasteiger partial charge in [-0.3, -0.25) is 32.4 Å². The van der Waals surface area contributed by atoms with Crippen molar-refractivity contribution in [3.63, 3.8) is 0 Å². The molecular formula is C20H27N9O11P2. The van der Waals surface area contributed by atoms with Crippen LogP contribution in [0.4, 0.5) is 11.9 Å². The molecule has 20 nitrogen and oxygen atoms in total. The molecule has 0 radical (unpaired) electrons. The largest absolute Gasteiger partial charge is 0.472 e. The molecular weight excluding hydrogens is 604 g/mol. The standard InChI is InChI=1S/C20H27N9O11P2/c1-28(20-23-6-22-7-24-20)10-2-9-4-36-42(34,35)40-15-14(30)12(5-37-41(32,33)39-11(9)3-10)38-18(15)29-8-25-13-16(29)26-19(21)27-17(13)31/h6-12,14-15,18,30H,2-5H2,1H3,(H,32,33)(H,34,35)(H3,21,26,27,31)/t9-,10-,11+,12-,14-,15-,18-/m1/s1. The minimum atomic E-state index is -4.90. The number of hydrogen-bond acceptors (Lipinski definition) is 16. The number of phosphoric acid groups is 2. The van der Waals surface area contributed by atoms with Gasteiger partial charge in [0.25, 0.3) is 5.56 Å². The predicted molar refractivity (Wildman–Crippen MR) is 139 cm³/mol. The quantitative estimate of drug-likeness (QED) is 0.219. The fourth-order valence-electron chi connectivity index (χ4n) is 5.32. The van der Waals surface area contributed by atoms with Crippen LogP contribution in [0.2, 0.25) is 0 Å². The van der Waals surface area contributed by atoms with E-state index in [4.69, 9.17) is 28.6 Å². The zero-order valence-corrected chi connectivity index (χ0v) is 23.6. The lowest BCUT2D eigenvalue weighted by Crippen LogP contribution is -2.35. The highest BCUT2D eigenvalue weighted by molar-refractivity contribution is 7.47. The molecule has 3 aliphatic rings. The summed E-state index contributed by atoms with van der Waals surface area (Å²) in [6.45, 7) is -1.09. The maximum atomic E-state index is 13.1. The van der Waals surface area contributed by atoms with Crippen LogP contribution in [-0.2, 0) is 32.0 Å². The van der Waals surface area contributed by atoms with Gasteiger partial charge >= 0.3 is 15.6 Å². The van der Waals surface area contributed by atoms with Crippen LogP contribution in [0.5, 0.6) is 0 Å². The van der Waals surface area contributed by atoms with E-state index in [1.807, 2.05) is 0 Å². The van der Waals surface area contributed by atoms with Crippen LogP contribution < -0.4 is 16.2 Å². The minimum absolute atomic E-state index is 0.0725. The molecule has 0 aromatic carbocycles. The number of nitrogens with one attached hydrogen (secondary N) is 1. The second kappa shape index (κ2) is 11.0. The van der Waals surface area contributed by atoms with Crippen LogP contribution in [0.15, 0.2) is 23.8 Å². The minimum Gasteiger partial charge on any atom is -0.387 e. The highest BCUT2D eigenvalue weighted by Gasteiger charge is 2.51. The number of rotatable bonds is 3. The highest BCUT2D eigenvalue weighted by atomic mass is 31.2. The predicted octanol–water partition coefficient (Wildman–Crippen LogP) is -0.922. The zero-order chi connectivity index (χ0) is 29.8. The molecule has 2 bridgehead atoms. The van der Waals surface area contributed by atoms with E-state index in [1.54, 1.807) is 11.9 Å². The van der Waals surface area contributed by atoms with Crippen molar-refractivity contribution < 1.29 is 46.9 Å². The summed E-state index contributed by atoms with van der Waals surface area (Å²) < 4.78 is 54.5. The SMILES string of the molecule is CN(c1ncncn1)[C@@H]1C[C@@H]2COP(=O)(O)O[C@@H]3[C@H](O)[C@@H](COP(=O)(O)O[C@H]2C1)O[C@H]3n1cnc2c(=O)[nH]c(N)nc21. The van der Waals surface area contributed by atoms with Gasteiger partial charge in [-0.25, -0.2) is 29.1 Å². The number of imidazole rings is 1. The van der Waals surface area contributed by atoms with E-state index in [0.717, 1.165) is 6.33 Å². The second-order valence-electron chi connectivity index (χ2n) is 10.0. The van der Waals surface area contributed by atoms with Crippen molar-refractivity contribution in [1.29, 1.82) is 0 Å². The fraction of sp³-hybridized carbons (Fsp3) is 0.600. The Morgan fingerprint density at radius 2 is 1.79 bits per heavy atom. The first-order valence-electron chi connectivity index (χ1n) is 12.6. The molecule has 3 aromatic heterocycles. The number of nitrogen functional groups attached to an aromatic ring is 1. The van der Waals surface area contributed by atoms with Crippen molar-refractivity contribution in [2.45, 2.75) is 49.5 Å². The van der Waals surface area contributed by atoms with Gasteiger partial charge in [-0.1, -0.05) is 0 Å². The molecule has 1 saturated carbocycles. The van der Waals surface area contributed by atoms with E-state index in [2.05, 4.69) is 29.9 Å². The Hall–Kier alpha value is -2.90. The smallest absolute Gasteiger partial charge is 0.387 e. The highest BCUT2D eigenvalue weighted by Crippen LogP contribution is 2.54. The lowest BCUT2D eigenvalue weighted by Gasteiger charge is -2.25. The summed E-state index contributed by atoms with van der Waals surface area (Å²) in [4.78, 5) is 57.5. The van der Waals surface area contributed by atoms with Gasteiger partial charge in [0, 0.05) is 19.0 Å². The number of fused-ring (bicyclic) bond motifs is 4. The van der Waals surface area contributed by atoms with E-state index in [9.17, 15) is 28.8 Å². The summed E-state index contributed by atoms with van der Waals surface area (Å²) in [5.74, 6) is -0.547. The van der Waals surface area contributed by atoms with Crippen LogP contribution >= 0.6 is 15.6 Å². The van der Waals surface area contributed by atoms with Gasteiger partial charge < -0.3 is 30.3 Å². The number of aliphatic hydroxyl groups is 1. The van der Waals surface area contributed by atoms with Crippen molar-refractivity contribution in [3.05, 3.63) is 29.3 Å². The first-order valence-corrected chi connectivity index (χ1v) is 15.6. The molecule has 42 heavy (non-hydrogen) atoms. The normalized spacial score (nSPS) is 37.5. The fourth-order valence-corrected chi connectivity index (χ4v) is 7.30. The number of anilines is 2. The number of aromatic nitrogens is 7. The first kappa shape index (κ1) is 29.2.